The minimum Gasteiger partial charge on any atom is -0.340 e. The van der Waals surface area contributed by atoms with Crippen LogP contribution < -0.4 is 0 Å². The van der Waals surface area contributed by atoms with Crippen molar-refractivity contribution in [3.05, 3.63) is 68.2 Å². The van der Waals surface area contributed by atoms with Crippen LogP contribution in [0.2, 0.25) is 10.0 Å². The summed E-state index contributed by atoms with van der Waals surface area (Å²) in [7, 11) is 1.70. The molecule has 0 saturated carbocycles. The van der Waals surface area contributed by atoms with Gasteiger partial charge in [0.15, 0.2) is 0 Å². The van der Waals surface area contributed by atoms with Gasteiger partial charge in [-0.2, -0.15) is 0 Å². The summed E-state index contributed by atoms with van der Waals surface area (Å²) in [4.78, 5) is 25.1. The Kier molecular flexibility index (Phi) is 6.70. The maximum Gasteiger partial charge on any atom is 0.269 e. The van der Waals surface area contributed by atoms with E-state index in [0.717, 1.165) is 10.5 Å². The topological polar surface area (TPSA) is 63.5 Å². The fraction of sp³-hybridized carbons (Fsp3) is 0.235. The molecule has 0 spiro atoms. The number of halogens is 2. The van der Waals surface area contributed by atoms with Crippen molar-refractivity contribution in [2.24, 2.45) is 0 Å². The van der Waals surface area contributed by atoms with E-state index >= 15 is 0 Å². The molecular formula is C17H16Cl2N2O3S. The summed E-state index contributed by atoms with van der Waals surface area (Å²) >= 11 is 13.5. The minimum atomic E-state index is -0.453. The summed E-state index contributed by atoms with van der Waals surface area (Å²) in [6.07, 6.45) is 0. The Morgan fingerprint density at radius 2 is 1.88 bits per heavy atom. The Labute approximate surface area is 160 Å². The smallest absolute Gasteiger partial charge is 0.269 e. The van der Waals surface area contributed by atoms with E-state index in [-0.39, 0.29) is 16.8 Å². The first-order chi connectivity index (χ1) is 11.8. The number of carbonyl (C=O) groups excluding carboxylic acids is 1. The highest BCUT2D eigenvalue weighted by molar-refractivity contribution is 8.00. The largest absolute Gasteiger partial charge is 0.340 e. The fourth-order valence-electron chi connectivity index (χ4n) is 2.22. The number of nitrogens with zero attached hydrogens (tertiary/aromatic N) is 2. The highest BCUT2D eigenvalue weighted by Gasteiger charge is 2.20. The number of benzene rings is 2. The first-order valence-electron chi connectivity index (χ1n) is 7.38. The van der Waals surface area contributed by atoms with Crippen LogP contribution in [0.4, 0.5) is 5.69 Å². The number of amides is 1. The van der Waals surface area contributed by atoms with E-state index in [9.17, 15) is 14.9 Å². The van der Waals surface area contributed by atoms with Gasteiger partial charge in [0.25, 0.3) is 5.69 Å². The molecule has 132 valence electrons. The molecule has 25 heavy (non-hydrogen) atoms. The van der Waals surface area contributed by atoms with E-state index in [2.05, 4.69) is 0 Å². The SMILES string of the molecule is C[C@H](Sc1ccc([N+](=O)[O-])cc1)C(=O)N(C)Cc1cccc(Cl)c1Cl. The standard InChI is InChI=1S/C17H16Cl2N2O3S/c1-11(25-14-8-6-13(7-9-14)21(23)24)17(22)20(2)10-12-4-3-5-15(18)16(12)19/h3-9,11H,10H2,1-2H3/t11-/m0/s1. The normalized spacial score (nSPS) is 11.8. The second kappa shape index (κ2) is 8.56. The third kappa shape index (κ3) is 5.11. The van der Waals surface area contributed by atoms with Crippen molar-refractivity contribution in [3.63, 3.8) is 0 Å². The molecular weight excluding hydrogens is 383 g/mol. The van der Waals surface area contributed by atoms with Crippen LogP contribution in [-0.2, 0) is 11.3 Å². The molecule has 8 heteroatoms. The number of carbonyl (C=O) groups is 1. The van der Waals surface area contributed by atoms with Crippen LogP contribution in [0, 0.1) is 10.1 Å². The Balaban J connectivity index is 2.01. The first-order valence-corrected chi connectivity index (χ1v) is 9.02. The Bertz CT molecular complexity index is 784. The number of rotatable bonds is 6. The molecule has 0 bridgehead atoms. The van der Waals surface area contributed by atoms with Gasteiger partial charge in [-0.15, -0.1) is 11.8 Å². The van der Waals surface area contributed by atoms with Gasteiger partial charge in [-0.05, 0) is 30.7 Å². The Morgan fingerprint density at radius 3 is 2.48 bits per heavy atom. The summed E-state index contributed by atoms with van der Waals surface area (Å²) in [6.45, 7) is 2.15. The van der Waals surface area contributed by atoms with E-state index in [1.54, 1.807) is 43.1 Å². The lowest BCUT2D eigenvalue weighted by Crippen LogP contribution is -2.32. The van der Waals surface area contributed by atoms with Gasteiger partial charge in [0.2, 0.25) is 5.91 Å². The summed E-state index contributed by atoms with van der Waals surface area (Å²) in [5, 5.41) is 11.2. The number of hydrogen-bond acceptors (Lipinski definition) is 4. The molecule has 0 heterocycles. The van der Waals surface area contributed by atoms with Gasteiger partial charge in [0.05, 0.1) is 20.2 Å². The maximum absolute atomic E-state index is 12.5. The molecule has 5 nitrogen and oxygen atoms in total. The zero-order valence-electron chi connectivity index (χ0n) is 13.6. The van der Waals surface area contributed by atoms with Gasteiger partial charge in [-0.25, -0.2) is 0 Å². The molecule has 0 N–H and O–H groups in total. The van der Waals surface area contributed by atoms with E-state index in [1.165, 1.54) is 23.9 Å². The number of thioether (sulfide) groups is 1. The quantitative estimate of drug-likeness (QED) is 0.388. The Morgan fingerprint density at radius 1 is 1.24 bits per heavy atom. The maximum atomic E-state index is 12.5. The molecule has 1 amide bonds. The summed E-state index contributed by atoms with van der Waals surface area (Å²) in [5.74, 6) is -0.0700. The average molecular weight is 399 g/mol. The molecule has 0 aromatic heterocycles. The molecule has 0 fully saturated rings. The van der Waals surface area contributed by atoms with Crippen LogP contribution >= 0.6 is 35.0 Å². The highest BCUT2D eigenvalue weighted by atomic mass is 35.5. The van der Waals surface area contributed by atoms with E-state index in [0.29, 0.717) is 16.6 Å². The number of non-ortho nitro benzene ring substituents is 1. The van der Waals surface area contributed by atoms with Crippen LogP contribution in [0.15, 0.2) is 47.4 Å². The molecule has 2 aromatic carbocycles. The van der Waals surface area contributed by atoms with Gasteiger partial charge in [0, 0.05) is 30.6 Å². The lowest BCUT2D eigenvalue weighted by molar-refractivity contribution is -0.384. The molecule has 0 aliphatic rings. The van der Waals surface area contributed by atoms with Crippen LogP contribution in [0.25, 0.3) is 0 Å². The third-order valence-electron chi connectivity index (χ3n) is 3.52. The lowest BCUT2D eigenvalue weighted by atomic mass is 10.2. The monoisotopic (exact) mass is 398 g/mol. The molecule has 0 radical (unpaired) electrons. The molecule has 2 rings (SSSR count). The summed E-state index contributed by atoms with van der Waals surface area (Å²) < 4.78 is 0. The Hall–Kier alpha value is -1.76. The van der Waals surface area contributed by atoms with E-state index in [4.69, 9.17) is 23.2 Å². The lowest BCUT2D eigenvalue weighted by Gasteiger charge is -2.22. The zero-order chi connectivity index (χ0) is 18.6. The minimum absolute atomic E-state index is 0.0241. The molecule has 2 aromatic rings. The number of nitro benzene ring substituents is 1. The summed E-state index contributed by atoms with van der Waals surface area (Å²) in [5.41, 5.74) is 0.800. The first kappa shape index (κ1) is 19.6. The van der Waals surface area contributed by atoms with Crippen molar-refractivity contribution in [1.82, 2.24) is 4.90 Å². The molecule has 0 aliphatic heterocycles. The predicted octanol–water partition coefficient (Wildman–Crippen LogP) is 5.04. The van der Waals surface area contributed by atoms with Crippen molar-refractivity contribution in [2.45, 2.75) is 23.6 Å². The van der Waals surface area contributed by atoms with Crippen LogP contribution in [0.1, 0.15) is 12.5 Å². The highest BCUT2D eigenvalue weighted by Crippen LogP contribution is 2.29. The summed E-state index contributed by atoms with van der Waals surface area (Å²) in [6, 6.07) is 11.4. The number of nitro groups is 1. The van der Waals surface area contributed by atoms with Crippen molar-refractivity contribution < 1.29 is 9.72 Å². The second-order valence-corrected chi connectivity index (χ2v) is 7.62. The van der Waals surface area contributed by atoms with Crippen LogP contribution in [-0.4, -0.2) is 28.0 Å². The van der Waals surface area contributed by atoms with Crippen molar-refractivity contribution >= 4 is 46.6 Å². The third-order valence-corrected chi connectivity index (χ3v) is 5.48. The van der Waals surface area contributed by atoms with Gasteiger partial charge in [-0.1, -0.05) is 35.3 Å². The average Bonchev–Trinajstić information content (AvgIpc) is 2.58. The van der Waals surface area contributed by atoms with Crippen molar-refractivity contribution in [2.75, 3.05) is 7.05 Å². The number of hydrogen-bond donors (Lipinski definition) is 0. The molecule has 0 aliphatic carbocycles. The fourth-order valence-corrected chi connectivity index (χ4v) is 3.58. The van der Waals surface area contributed by atoms with Gasteiger partial charge in [-0.3, -0.25) is 14.9 Å². The van der Waals surface area contributed by atoms with Crippen molar-refractivity contribution in [3.8, 4) is 0 Å². The second-order valence-electron chi connectivity index (χ2n) is 5.42. The predicted molar refractivity (Wildman–Crippen MR) is 101 cm³/mol. The van der Waals surface area contributed by atoms with Gasteiger partial charge >= 0.3 is 0 Å². The molecule has 1 atom stereocenters. The van der Waals surface area contributed by atoms with E-state index < -0.39 is 4.92 Å². The van der Waals surface area contributed by atoms with Crippen LogP contribution in [0.5, 0.6) is 0 Å². The van der Waals surface area contributed by atoms with Crippen molar-refractivity contribution in [1.29, 1.82) is 0 Å². The van der Waals surface area contributed by atoms with Gasteiger partial charge < -0.3 is 4.90 Å². The van der Waals surface area contributed by atoms with Crippen LogP contribution in [0.3, 0.4) is 0 Å². The van der Waals surface area contributed by atoms with Gasteiger partial charge in [0.1, 0.15) is 0 Å². The molecule has 0 unspecified atom stereocenters. The van der Waals surface area contributed by atoms with E-state index in [1.807, 2.05) is 6.07 Å². The molecule has 0 saturated heterocycles. The zero-order valence-corrected chi connectivity index (χ0v) is 15.9.